The minimum absolute atomic E-state index is 1.23. The molecule has 3 heterocycles. The van der Waals surface area contributed by atoms with E-state index in [1.165, 1.54) is 91.3 Å². The summed E-state index contributed by atoms with van der Waals surface area (Å²) < 4.78 is 4.97. The van der Waals surface area contributed by atoms with E-state index in [9.17, 15) is 0 Å². The van der Waals surface area contributed by atoms with Crippen LogP contribution in [0.4, 0.5) is 0 Å². The summed E-state index contributed by atoms with van der Waals surface area (Å²) in [7, 11) is 2.15. The fraction of sp³-hybridized carbons (Fsp3) is 0.0488. The molecule has 44 heavy (non-hydrogen) atoms. The Morgan fingerprint density at radius 1 is 0.545 bits per heavy atom. The van der Waals surface area contributed by atoms with Gasteiger partial charge in [-0.2, -0.15) is 0 Å². The van der Waals surface area contributed by atoms with Crippen LogP contribution in [0.3, 0.4) is 0 Å². The molecule has 9 rings (SSSR count). The quantitative estimate of drug-likeness (QED) is 0.174. The second kappa shape index (κ2) is 9.85. The molecule has 0 bridgehead atoms. The molecular weight excluding hydrogens is 571 g/mol. The number of pyridine rings is 1. The molecular formula is C41H28NS2+. The van der Waals surface area contributed by atoms with Crippen LogP contribution in [0.2, 0.25) is 0 Å². The molecule has 5 aromatic carbocycles. The lowest BCUT2D eigenvalue weighted by molar-refractivity contribution is -0.660. The first-order valence-electron chi connectivity index (χ1n) is 15.0. The Hall–Kier alpha value is -4.83. The molecule has 0 saturated carbocycles. The number of benzene rings is 5. The van der Waals surface area contributed by atoms with Crippen molar-refractivity contribution in [1.29, 1.82) is 0 Å². The van der Waals surface area contributed by atoms with E-state index in [1.54, 1.807) is 0 Å². The maximum Gasteiger partial charge on any atom is 0.213 e. The third-order valence-corrected chi connectivity index (χ3v) is 11.6. The summed E-state index contributed by atoms with van der Waals surface area (Å²) >= 11 is 3.86. The first-order chi connectivity index (χ1) is 21.7. The minimum atomic E-state index is 1.23. The molecule has 0 saturated heterocycles. The van der Waals surface area contributed by atoms with Crippen LogP contribution in [-0.4, -0.2) is 0 Å². The summed E-state index contributed by atoms with van der Waals surface area (Å²) in [5.74, 6) is 0. The normalized spacial score (nSPS) is 11.9. The van der Waals surface area contributed by atoms with E-state index >= 15 is 0 Å². The van der Waals surface area contributed by atoms with Crippen molar-refractivity contribution < 1.29 is 4.57 Å². The Bertz CT molecular complexity index is 2420. The fourth-order valence-corrected chi connectivity index (χ4v) is 9.66. The number of fused-ring (bicyclic) bond motifs is 11. The van der Waals surface area contributed by atoms with Gasteiger partial charge in [-0.15, -0.1) is 22.7 Å². The van der Waals surface area contributed by atoms with Gasteiger partial charge in [-0.3, -0.25) is 0 Å². The van der Waals surface area contributed by atoms with E-state index in [1.807, 2.05) is 22.7 Å². The number of aryl methyl sites for hydroxylation is 2. The van der Waals surface area contributed by atoms with Gasteiger partial charge in [-0.05, 0) is 63.2 Å². The monoisotopic (exact) mass is 598 g/mol. The Balaban J connectivity index is 1.26. The lowest BCUT2D eigenvalue weighted by Crippen LogP contribution is -2.30. The Morgan fingerprint density at radius 3 is 1.91 bits per heavy atom. The zero-order valence-corrected chi connectivity index (χ0v) is 26.1. The van der Waals surface area contributed by atoms with Crippen molar-refractivity contribution in [2.75, 3.05) is 0 Å². The van der Waals surface area contributed by atoms with Crippen molar-refractivity contribution in [3.63, 3.8) is 0 Å². The molecule has 0 radical (unpaired) electrons. The van der Waals surface area contributed by atoms with Gasteiger partial charge < -0.3 is 0 Å². The van der Waals surface area contributed by atoms with Crippen LogP contribution in [0.1, 0.15) is 5.56 Å². The third kappa shape index (κ3) is 3.80. The van der Waals surface area contributed by atoms with Crippen molar-refractivity contribution in [3.05, 3.63) is 139 Å². The van der Waals surface area contributed by atoms with E-state index in [-0.39, 0.29) is 0 Å². The number of aromatic nitrogens is 1. The number of nitrogens with zero attached hydrogens (tertiary/aromatic N) is 1. The second-order valence-electron chi connectivity index (χ2n) is 11.6. The average Bonchev–Trinajstić information content (AvgIpc) is 3.63. The van der Waals surface area contributed by atoms with Gasteiger partial charge in [0.2, 0.25) is 5.69 Å². The van der Waals surface area contributed by atoms with Crippen molar-refractivity contribution in [3.8, 4) is 65.5 Å². The second-order valence-corrected chi connectivity index (χ2v) is 13.7. The van der Waals surface area contributed by atoms with Gasteiger partial charge in [0.15, 0.2) is 6.20 Å². The molecule has 3 aromatic heterocycles. The third-order valence-electron chi connectivity index (χ3n) is 9.15. The van der Waals surface area contributed by atoms with Crippen LogP contribution in [0.25, 0.3) is 85.7 Å². The van der Waals surface area contributed by atoms with E-state index in [4.69, 9.17) is 0 Å². The smallest absolute Gasteiger partial charge is 0.201 e. The molecule has 1 nitrogen and oxygen atoms in total. The van der Waals surface area contributed by atoms with E-state index in [2.05, 4.69) is 152 Å². The van der Waals surface area contributed by atoms with Crippen molar-refractivity contribution in [2.45, 2.75) is 6.92 Å². The summed E-state index contributed by atoms with van der Waals surface area (Å²) in [5, 5.41) is 2.60. The van der Waals surface area contributed by atoms with Crippen LogP contribution in [0, 0.1) is 6.92 Å². The Morgan fingerprint density at radius 2 is 1.16 bits per heavy atom. The molecule has 0 amide bonds. The molecule has 208 valence electrons. The highest BCUT2D eigenvalue weighted by Crippen LogP contribution is 2.55. The molecule has 0 unspecified atom stereocenters. The summed E-state index contributed by atoms with van der Waals surface area (Å²) in [6, 6.07) is 47.0. The van der Waals surface area contributed by atoms with Crippen LogP contribution in [-0.2, 0) is 7.05 Å². The molecule has 0 fully saturated rings. The van der Waals surface area contributed by atoms with Crippen molar-refractivity contribution in [2.24, 2.45) is 7.05 Å². The highest BCUT2D eigenvalue weighted by Gasteiger charge is 2.27. The zero-order chi connectivity index (χ0) is 29.4. The van der Waals surface area contributed by atoms with Crippen LogP contribution >= 0.6 is 22.7 Å². The standard InChI is InChI=1S/C41H28NS2/c1-25-28-12-4-3-11-26(28)19-20-29(25)36-23-27(21-22-42(36)2)37-24-38-41(43-37)39-34-17-9-7-15-32(34)30-13-5-6-14-31(30)33-16-8-10-18-35(33)40(39)44-38/h3-24H,1-2H3/q+1. The highest BCUT2D eigenvalue weighted by atomic mass is 32.1. The maximum absolute atomic E-state index is 2.42. The topological polar surface area (TPSA) is 3.88 Å². The maximum atomic E-state index is 2.42. The Labute approximate surface area is 265 Å². The van der Waals surface area contributed by atoms with Crippen LogP contribution < -0.4 is 4.57 Å². The number of rotatable bonds is 2. The average molecular weight is 599 g/mol. The molecule has 0 atom stereocenters. The van der Waals surface area contributed by atoms with Crippen LogP contribution in [0.5, 0.6) is 0 Å². The van der Waals surface area contributed by atoms with Crippen molar-refractivity contribution in [1.82, 2.24) is 0 Å². The van der Waals surface area contributed by atoms with Gasteiger partial charge in [-0.25, -0.2) is 4.57 Å². The zero-order valence-electron chi connectivity index (χ0n) is 24.5. The summed E-state index contributed by atoms with van der Waals surface area (Å²) in [6.45, 7) is 2.25. The van der Waals surface area contributed by atoms with E-state index in [0.29, 0.717) is 0 Å². The molecule has 3 heteroatoms. The van der Waals surface area contributed by atoms with E-state index < -0.39 is 0 Å². The van der Waals surface area contributed by atoms with Crippen molar-refractivity contribution >= 4 is 42.8 Å². The fourth-order valence-electron chi connectivity index (χ4n) is 6.96. The molecule has 0 spiro atoms. The lowest BCUT2D eigenvalue weighted by Gasteiger charge is -2.20. The van der Waals surface area contributed by atoms with Gasteiger partial charge in [-0.1, -0.05) is 103 Å². The largest absolute Gasteiger partial charge is 0.213 e. The molecule has 1 aliphatic rings. The molecule has 0 N–H and O–H groups in total. The van der Waals surface area contributed by atoms with Gasteiger partial charge in [0, 0.05) is 48.8 Å². The number of hydrogen-bond donors (Lipinski definition) is 0. The van der Waals surface area contributed by atoms with Gasteiger partial charge in [0.05, 0.1) is 4.70 Å². The molecule has 1 aliphatic carbocycles. The first-order valence-corrected chi connectivity index (χ1v) is 16.6. The van der Waals surface area contributed by atoms with E-state index in [0.717, 1.165) is 0 Å². The summed E-state index contributed by atoms with van der Waals surface area (Å²) in [4.78, 5) is 2.67. The van der Waals surface area contributed by atoms with Crippen LogP contribution in [0.15, 0.2) is 134 Å². The SMILES string of the molecule is Cc1c(-c2cc(-c3cc4sc5c(c4s3)-c3ccccc3-c3ccccc3-c3ccccc3-5)cc[n+]2C)ccc2ccccc12. The minimum Gasteiger partial charge on any atom is -0.201 e. The summed E-state index contributed by atoms with van der Waals surface area (Å²) in [5.41, 5.74) is 14.3. The molecule has 8 aromatic rings. The van der Waals surface area contributed by atoms with Gasteiger partial charge >= 0.3 is 0 Å². The lowest BCUT2D eigenvalue weighted by atomic mass is 9.84. The summed E-state index contributed by atoms with van der Waals surface area (Å²) in [6.07, 6.45) is 2.21. The highest BCUT2D eigenvalue weighted by molar-refractivity contribution is 7.32. The predicted octanol–water partition coefficient (Wildman–Crippen LogP) is 11.6. The first kappa shape index (κ1) is 25.6. The Kier molecular flexibility index (Phi) is 5.74. The number of thiophene rings is 2. The molecule has 0 aliphatic heterocycles. The van der Waals surface area contributed by atoms with Gasteiger partial charge in [0.25, 0.3) is 0 Å². The predicted molar refractivity (Wildman–Crippen MR) is 189 cm³/mol. The number of hydrogen-bond acceptors (Lipinski definition) is 2. The van der Waals surface area contributed by atoms with Gasteiger partial charge in [0.1, 0.15) is 7.05 Å².